The van der Waals surface area contributed by atoms with Crippen LogP contribution in [0.15, 0.2) is 12.2 Å². The van der Waals surface area contributed by atoms with Gasteiger partial charge in [0, 0.05) is 12.1 Å². The van der Waals surface area contributed by atoms with E-state index in [0.717, 1.165) is 5.92 Å². The molecule has 2 unspecified atom stereocenters. The van der Waals surface area contributed by atoms with E-state index in [1.807, 2.05) is 0 Å². The average Bonchev–Trinajstić information content (AvgIpc) is 2.19. The normalized spacial score (nSPS) is 20.9. The molecular weight excluding hydrogens is 194 g/mol. The van der Waals surface area contributed by atoms with E-state index in [0.29, 0.717) is 18.0 Å². The number of likely N-dealkylation sites (N-methyl/N-ethyl adjacent to an activating group) is 1. The maximum atomic E-state index is 4.39. The molecule has 2 atom stereocenters. The molecule has 0 aromatic rings. The molecule has 0 aromatic heterocycles. The van der Waals surface area contributed by atoms with Gasteiger partial charge in [0.1, 0.15) is 0 Å². The minimum absolute atomic E-state index is 0.615. The second-order valence-corrected chi connectivity index (χ2v) is 5.78. The molecule has 1 aliphatic rings. The molecule has 1 fully saturated rings. The third-order valence-corrected chi connectivity index (χ3v) is 4.47. The fraction of sp³-hybridized carbons (Fsp3) is 0.867. The monoisotopic (exact) mass is 223 g/mol. The highest BCUT2D eigenvalue weighted by molar-refractivity contribution is 5.13. The fourth-order valence-corrected chi connectivity index (χ4v) is 2.53. The first-order valence-electron chi connectivity index (χ1n) is 6.89. The summed E-state index contributed by atoms with van der Waals surface area (Å²) in [5.74, 6) is 1.53. The topological polar surface area (TPSA) is 3.24 Å². The van der Waals surface area contributed by atoms with Crippen LogP contribution in [0.25, 0.3) is 0 Å². The minimum atomic E-state index is 0.615. The first-order valence-corrected chi connectivity index (χ1v) is 6.89. The predicted octanol–water partition coefficient (Wildman–Crippen LogP) is 4.10. The molecule has 0 heterocycles. The van der Waals surface area contributed by atoms with E-state index in [1.54, 1.807) is 0 Å². The van der Waals surface area contributed by atoms with Crippen LogP contribution in [0.3, 0.4) is 0 Å². The van der Waals surface area contributed by atoms with Crippen molar-refractivity contribution in [1.29, 1.82) is 0 Å². The Morgan fingerprint density at radius 1 is 1.31 bits per heavy atom. The van der Waals surface area contributed by atoms with E-state index in [2.05, 4.69) is 46.2 Å². The Balaban J connectivity index is 2.73. The van der Waals surface area contributed by atoms with E-state index in [1.165, 1.54) is 31.3 Å². The molecule has 0 N–H and O–H groups in total. The molecule has 16 heavy (non-hydrogen) atoms. The molecule has 0 saturated heterocycles. The lowest BCUT2D eigenvalue weighted by Crippen LogP contribution is -2.46. The van der Waals surface area contributed by atoms with Crippen molar-refractivity contribution >= 4 is 0 Å². The molecule has 1 nitrogen and oxygen atoms in total. The molecule has 0 bridgehead atoms. The maximum Gasteiger partial charge on any atom is 0.0335 e. The zero-order valence-corrected chi connectivity index (χ0v) is 11.8. The minimum Gasteiger partial charge on any atom is -0.297 e. The van der Waals surface area contributed by atoms with Crippen molar-refractivity contribution in [3.63, 3.8) is 0 Å². The summed E-state index contributed by atoms with van der Waals surface area (Å²) in [5.41, 5.74) is 1.46. The van der Waals surface area contributed by atoms with Crippen molar-refractivity contribution < 1.29 is 0 Å². The Labute approximate surface area is 102 Å². The van der Waals surface area contributed by atoms with Gasteiger partial charge in [0.25, 0.3) is 0 Å². The summed E-state index contributed by atoms with van der Waals surface area (Å²) in [6.07, 6.45) is 5.43. The van der Waals surface area contributed by atoms with Gasteiger partial charge in [0.05, 0.1) is 0 Å². The second kappa shape index (κ2) is 5.86. The van der Waals surface area contributed by atoms with Crippen LogP contribution in [-0.2, 0) is 0 Å². The van der Waals surface area contributed by atoms with Gasteiger partial charge < -0.3 is 0 Å². The van der Waals surface area contributed by atoms with Gasteiger partial charge >= 0.3 is 0 Å². The summed E-state index contributed by atoms with van der Waals surface area (Å²) in [7, 11) is 2.27. The lowest BCUT2D eigenvalue weighted by molar-refractivity contribution is 0.111. The highest BCUT2D eigenvalue weighted by Gasteiger charge is 2.34. The van der Waals surface area contributed by atoms with Gasteiger partial charge in [-0.15, -0.1) is 0 Å². The summed E-state index contributed by atoms with van der Waals surface area (Å²) in [6, 6.07) is 1.23. The van der Waals surface area contributed by atoms with Gasteiger partial charge in [-0.25, -0.2) is 0 Å². The van der Waals surface area contributed by atoms with E-state index in [-0.39, 0.29) is 0 Å². The van der Waals surface area contributed by atoms with Crippen LogP contribution in [0, 0.1) is 11.8 Å². The zero-order chi connectivity index (χ0) is 12.3. The molecule has 1 rings (SSSR count). The standard InChI is InChI=1S/C15H29N/c1-7-12(4)13(5)15(14-9-8-10-14)16(6)11(2)3/h11-12,14-15H,5,7-10H2,1-4,6H3. The van der Waals surface area contributed by atoms with Crippen LogP contribution in [0.4, 0.5) is 0 Å². The van der Waals surface area contributed by atoms with Crippen molar-refractivity contribution in [1.82, 2.24) is 4.90 Å². The third-order valence-electron chi connectivity index (χ3n) is 4.47. The summed E-state index contributed by atoms with van der Waals surface area (Å²) in [6.45, 7) is 13.6. The Morgan fingerprint density at radius 2 is 1.88 bits per heavy atom. The van der Waals surface area contributed by atoms with Crippen molar-refractivity contribution in [2.45, 2.75) is 65.5 Å². The summed E-state index contributed by atoms with van der Waals surface area (Å²) >= 11 is 0. The van der Waals surface area contributed by atoms with E-state index in [9.17, 15) is 0 Å². The number of nitrogens with zero attached hydrogens (tertiary/aromatic N) is 1. The number of hydrogen-bond donors (Lipinski definition) is 0. The van der Waals surface area contributed by atoms with Gasteiger partial charge in [-0.3, -0.25) is 4.90 Å². The molecule has 1 aliphatic carbocycles. The Bertz CT molecular complexity index is 228. The molecule has 0 aromatic carbocycles. The average molecular weight is 223 g/mol. The lowest BCUT2D eigenvalue weighted by Gasteiger charge is -2.43. The number of hydrogen-bond acceptors (Lipinski definition) is 1. The largest absolute Gasteiger partial charge is 0.297 e. The number of rotatable bonds is 6. The fourth-order valence-electron chi connectivity index (χ4n) is 2.53. The third kappa shape index (κ3) is 2.88. The van der Waals surface area contributed by atoms with E-state index < -0.39 is 0 Å². The maximum absolute atomic E-state index is 4.39. The molecule has 94 valence electrons. The Morgan fingerprint density at radius 3 is 2.19 bits per heavy atom. The molecule has 1 saturated carbocycles. The molecule has 0 radical (unpaired) electrons. The van der Waals surface area contributed by atoms with E-state index in [4.69, 9.17) is 0 Å². The molecule has 0 amide bonds. The van der Waals surface area contributed by atoms with Crippen LogP contribution >= 0.6 is 0 Å². The van der Waals surface area contributed by atoms with E-state index >= 15 is 0 Å². The van der Waals surface area contributed by atoms with Crippen molar-refractivity contribution in [3.8, 4) is 0 Å². The quantitative estimate of drug-likeness (QED) is 0.613. The van der Waals surface area contributed by atoms with Crippen LogP contribution in [0.5, 0.6) is 0 Å². The highest BCUT2D eigenvalue weighted by Crippen LogP contribution is 2.37. The summed E-state index contributed by atoms with van der Waals surface area (Å²) < 4.78 is 0. The Hall–Kier alpha value is -0.300. The lowest BCUT2D eigenvalue weighted by atomic mass is 9.73. The Kier molecular flexibility index (Phi) is 5.04. The SMILES string of the molecule is C=C(C(C)CC)C(C1CCC1)N(C)C(C)C. The smallest absolute Gasteiger partial charge is 0.0335 e. The molecule has 0 aliphatic heterocycles. The molecular formula is C15H29N. The van der Waals surface area contributed by atoms with Gasteiger partial charge in [-0.05, 0) is 52.0 Å². The zero-order valence-electron chi connectivity index (χ0n) is 11.8. The second-order valence-electron chi connectivity index (χ2n) is 5.78. The first kappa shape index (κ1) is 13.8. The van der Waals surface area contributed by atoms with Crippen molar-refractivity contribution in [2.24, 2.45) is 11.8 Å². The van der Waals surface area contributed by atoms with Crippen LogP contribution < -0.4 is 0 Å². The summed E-state index contributed by atoms with van der Waals surface area (Å²) in [5, 5.41) is 0. The van der Waals surface area contributed by atoms with Gasteiger partial charge in [-0.2, -0.15) is 0 Å². The molecule has 0 spiro atoms. The van der Waals surface area contributed by atoms with Crippen LogP contribution in [0.2, 0.25) is 0 Å². The van der Waals surface area contributed by atoms with Gasteiger partial charge in [0.2, 0.25) is 0 Å². The van der Waals surface area contributed by atoms with Crippen molar-refractivity contribution in [2.75, 3.05) is 7.05 Å². The van der Waals surface area contributed by atoms with Gasteiger partial charge in [0.15, 0.2) is 0 Å². The van der Waals surface area contributed by atoms with Crippen molar-refractivity contribution in [3.05, 3.63) is 12.2 Å². The predicted molar refractivity (Wildman–Crippen MR) is 72.6 cm³/mol. The van der Waals surface area contributed by atoms with Crippen LogP contribution in [0.1, 0.15) is 53.4 Å². The van der Waals surface area contributed by atoms with Gasteiger partial charge in [-0.1, -0.05) is 32.4 Å². The highest BCUT2D eigenvalue weighted by atomic mass is 15.2. The van der Waals surface area contributed by atoms with Crippen LogP contribution in [-0.4, -0.2) is 24.0 Å². The summed E-state index contributed by atoms with van der Waals surface area (Å²) in [4.78, 5) is 2.53. The first-order chi connectivity index (χ1) is 7.49. The molecule has 1 heteroatoms.